The fourth-order valence-electron chi connectivity index (χ4n) is 2.65. The maximum absolute atomic E-state index is 13.3. The summed E-state index contributed by atoms with van der Waals surface area (Å²) in [5.41, 5.74) is 4.89. The van der Waals surface area contributed by atoms with Gasteiger partial charge in [-0.1, -0.05) is 24.3 Å². The predicted octanol–water partition coefficient (Wildman–Crippen LogP) is 3.06. The molecule has 0 fully saturated rings. The molecule has 5 heteroatoms. The second kappa shape index (κ2) is 6.13. The van der Waals surface area contributed by atoms with Gasteiger partial charge >= 0.3 is 0 Å². The standard InChI is InChI=1S/C16H16F2N2S/c17-12-6-5-10(7-13(12)18)8-14(20-19)16-9-11-3-1-2-4-15(11)21-16/h1-7,14,16,20H,8-9,19H2. The zero-order chi connectivity index (χ0) is 14.8. The Morgan fingerprint density at radius 1 is 1.19 bits per heavy atom. The zero-order valence-electron chi connectivity index (χ0n) is 11.4. The lowest BCUT2D eigenvalue weighted by Crippen LogP contribution is -2.44. The molecular formula is C16H16F2N2S. The number of nitrogens with two attached hydrogens (primary N) is 1. The second-order valence-electron chi connectivity index (χ2n) is 5.19. The maximum atomic E-state index is 13.3. The van der Waals surface area contributed by atoms with Gasteiger partial charge in [-0.3, -0.25) is 11.3 Å². The maximum Gasteiger partial charge on any atom is 0.159 e. The minimum atomic E-state index is -0.821. The van der Waals surface area contributed by atoms with Crippen LogP contribution in [0, 0.1) is 11.6 Å². The molecule has 3 rings (SSSR count). The third-order valence-electron chi connectivity index (χ3n) is 3.77. The molecule has 21 heavy (non-hydrogen) atoms. The number of benzene rings is 2. The van der Waals surface area contributed by atoms with Crippen LogP contribution in [0.4, 0.5) is 8.78 Å². The number of nitrogens with one attached hydrogen (secondary N) is 1. The van der Waals surface area contributed by atoms with E-state index < -0.39 is 11.6 Å². The van der Waals surface area contributed by atoms with E-state index in [9.17, 15) is 8.78 Å². The van der Waals surface area contributed by atoms with Gasteiger partial charge in [-0.15, -0.1) is 11.8 Å². The van der Waals surface area contributed by atoms with Crippen LogP contribution in [0.5, 0.6) is 0 Å². The molecule has 2 aromatic rings. The number of rotatable bonds is 4. The number of hydrogen-bond acceptors (Lipinski definition) is 3. The average molecular weight is 306 g/mol. The summed E-state index contributed by atoms with van der Waals surface area (Å²) < 4.78 is 26.3. The van der Waals surface area contributed by atoms with E-state index in [1.54, 1.807) is 17.8 Å². The molecule has 0 spiro atoms. The van der Waals surface area contributed by atoms with Gasteiger partial charge in [0.2, 0.25) is 0 Å². The number of thioether (sulfide) groups is 1. The van der Waals surface area contributed by atoms with Crippen molar-refractivity contribution in [1.82, 2.24) is 5.43 Å². The van der Waals surface area contributed by atoms with E-state index in [0.29, 0.717) is 11.7 Å². The lowest BCUT2D eigenvalue weighted by atomic mass is 9.99. The molecule has 2 atom stereocenters. The molecule has 0 saturated heterocycles. The Labute approximate surface area is 126 Å². The van der Waals surface area contributed by atoms with Gasteiger partial charge in [0.25, 0.3) is 0 Å². The summed E-state index contributed by atoms with van der Waals surface area (Å²) in [5.74, 6) is 4.04. The van der Waals surface area contributed by atoms with Crippen LogP contribution < -0.4 is 11.3 Å². The molecule has 0 saturated carbocycles. The summed E-state index contributed by atoms with van der Waals surface area (Å²) in [6.07, 6.45) is 1.50. The normalized spacial score (nSPS) is 18.5. The highest BCUT2D eigenvalue weighted by atomic mass is 32.2. The van der Waals surface area contributed by atoms with Crippen molar-refractivity contribution in [2.45, 2.75) is 29.0 Å². The first-order valence-electron chi connectivity index (χ1n) is 6.82. The third-order valence-corrected chi connectivity index (χ3v) is 5.22. The lowest BCUT2D eigenvalue weighted by molar-refractivity contribution is 0.492. The Balaban J connectivity index is 1.73. The molecule has 2 aromatic carbocycles. The summed E-state index contributed by atoms with van der Waals surface area (Å²) in [6.45, 7) is 0. The fraction of sp³-hybridized carbons (Fsp3) is 0.250. The highest BCUT2D eigenvalue weighted by Gasteiger charge is 2.29. The van der Waals surface area contributed by atoms with Crippen molar-refractivity contribution in [3.05, 3.63) is 65.2 Å². The molecule has 3 N–H and O–H groups in total. The largest absolute Gasteiger partial charge is 0.271 e. The summed E-state index contributed by atoms with van der Waals surface area (Å²) in [5, 5.41) is 0.292. The van der Waals surface area contributed by atoms with Crippen LogP contribution in [0.25, 0.3) is 0 Å². The quantitative estimate of drug-likeness (QED) is 0.673. The molecule has 0 aromatic heterocycles. The van der Waals surface area contributed by atoms with Crippen molar-refractivity contribution >= 4 is 11.8 Å². The molecule has 0 amide bonds. The van der Waals surface area contributed by atoms with Crippen molar-refractivity contribution in [1.29, 1.82) is 0 Å². The van der Waals surface area contributed by atoms with Crippen LogP contribution in [-0.2, 0) is 12.8 Å². The first kappa shape index (κ1) is 14.5. The van der Waals surface area contributed by atoms with E-state index in [4.69, 9.17) is 5.84 Å². The Kier molecular flexibility index (Phi) is 4.24. The van der Waals surface area contributed by atoms with Crippen molar-refractivity contribution in [3.8, 4) is 0 Å². The van der Waals surface area contributed by atoms with Crippen LogP contribution in [0.2, 0.25) is 0 Å². The summed E-state index contributed by atoms with van der Waals surface area (Å²) in [4.78, 5) is 1.27. The van der Waals surface area contributed by atoms with E-state index in [1.807, 2.05) is 12.1 Å². The molecule has 1 aliphatic rings. The monoisotopic (exact) mass is 306 g/mol. The van der Waals surface area contributed by atoms with Gasteiger partial charge in [0.15, 0.2) is 11.6 Å². The molecule has 0 radical (unpaired) electrons. The van der Waals surface area contributed by atoms with Gasteiger partial charge in [-0.05, 0) is 42.2 Å². The SMILES string of the molecule is NNC(Cc1ccc(F)c(F)c1)C1Cc2ccccc2S1. The van der Waals surface area contributed by atoms with Crippen LogP contribution in [0.15, 0.2) is 47.4 Å². The molecule has 0 bridgehead atoms. The smallest absolute Gasteiger partial charge is 0.159 e. The Morgan fingerprint density at radius 3 is 2.71 bits per heavy atom. The highest BCUT2D eigenvalue weighted by molar-refractivity contribution is 8.00. The van der Waals surface area contributed by atoms with Crippen LogP contribution in [0.1, 0.15) is 11.1 Å². The molecule has 1 heterocycles. The zero-order valence-corrected chi connectivity index (χ0v) is 12.2. The Morgan fingerprint density at radius 2 is 2.00 bits per heavy atom. The van der Waals surface area contributed by atoms with Crippen LogP contribution >= 0.6 is 11.8 Å². The lowest BCUT2D eigenvalue weighted by Gasteiger charge is -2.22. The number of hydrazine groups is 1. The van der Waals surface area contributed by atoms with E-state index in [1.165, 1.54) is 16.5 Å². The average Bonchev–Trinajstić information content (AvgIpc) is 2.92. The van der Waals surface area contributed by atoms with Crippen molar-refractivity contribution in [2.24, 2.45) is 5.84 Å². The molecule has 2 unspecified atom stereocenters. The van der Waals surface area contributed by atoms with Crippen LogP contribution in [-0.4, -0.2) is 11.3 Å². The Bertz CT molecular complexity index is 623. The van der Waals surface area contributed by atoms with E-state index in [2.05, 4.69) is 17.6 Å². The molecule has 0 aliphatic carbocycles. The van der Waals surface area contributed by atoms with Crippen LogP contribution in [0.3, 0.4) is 0 Å². The number of fused-ring (bicyclic) bond motifs is 1. The molecular weight excluding hydrogens is 290 g/mol. The van der Waals surface area contributed by atoms with Gasteiger partial charge in [-0.2, -0.15) is 0 Å². The first-order chi connectivity index (χ1) is 10.2. The second-order valence-corrected chi connectivity index (χ2v) is 6.47. The minimum Gasteiger partial charge on any atom is -0.271 e. The highest BCUT2D eigenvalue weighted by Crippen LogP contribution is 2.38. The third kappa shape index (κ3) is 3.10. The van der Waals surface area contributed by atoms with E-state index in [0.717, 1.165) is 18.1 Å². The van der Waals surface area contributed by atoms with Gasteiger partial charge in [0.1, 0.15) is 0 Å². The Hall–Kier alpha value is -1.43. The minimum absolute atomic E-state index is 0.00672. The van der Waals surface area contributed by atoms with Gasteiger partial charge in [0, 0.05) is 16.2 Å². The first-order valence-corrected chi connectivity index (χ1v) is 7.70. The topological polar surface area (TPSA) is 38.0 Å². The van der Waals surface area contributed by atoms with Gasteiger partial charge in [-0.25, -0.2) is 8.78 Å². The summed E-state index contributed by atoms with van der Waals surface area (Å²) in [7, 11) is 0. The fourth-order valence-corrected chi connectivity index (χ4v) is 4.04. The van der Waals surface area contributed by atoms with Gasteiger partial charge < -0.3 is 0 Å². The molecule has 1 aliphatic heterocycles. The predicted molar refractivity (Wildman–Crippen MR) is 81.0 cm³/mol. The van der Waals surface area contributed by atoms with Crippen molar-refractivity contribution < 1.29 is 8.78 Å². The van der Waals surface area contributed by atoms with E-state index in [-0.39, 0.29) is 6.04 Å². The summed E-state index contributed by atoms with van der Waals surface area (Å²) >= 11 is 1.79. The van der Waals surface area contributed by atoms with Crippen molar-refractivity contribution in [3.63, 3.8) is 0 Å². The number of halogens is 2. The number of hydrogen-bond donors (Lipinski definition) is 2. The molecule has 110 valence electrons. The van der Waals surface area contributed by atoms with Crippen molar-refractivity contribution in [2.75, 3.05) is 0 Å². The molecule has 2 nitrogen and oxygen atoms in total. The van der Waals surface area contributed by atoms with E-state index >= 15 is 0 Å². The summed E-state index contributed by atoms with van der Waals surface area (Å²) in [6, 6.07) is 12.3. The van der Waals surface area contributed by atoms with Gasteiger partial charge in [0.05, 0.1) is 0 Å².